The summed E-state index contributed by atoms with van der Waals surface area (Å²) in [5.74, 6) is 0. The molecule has 2 rings (SSSR count). The van der Waals surface area contributed by atoms with Crippen molar-refractivity contribution in [1.82, 2.24) is 10.3 Å². The molecule has 0 radical (unpaired) electrons. The van der Waals surface area contributed by atoms with Crippen molar-refractivity contribution in [3.05, 3.63) is 70.1 Å². The third kappa shape index (κ3) is 6.50. The maximum atomic E-state index is 12.2. The largest absolute Gasteiger partial charge is 0.391 e. The summed E-state index contributed by atoms with van der Waals surface area (Å²) in [7, 11) is -3.43. The Bertz CT molecular complexity index is 697. The molecule has 0 amide bonds. The fourth-order valence-electron chi connectivity index (χ4n) is 2.26. The van der Waals surface area contributed by atoms with Gasteiger partial charge in [-0.3, -0.25) is 9.36 Å². The smallest absolute Gasteiger partial charge is 0.247 e. The van der Waals surface area contributed by atoms with Crippen molar-refractivity contribution in [2.45, 2.75) is 18.8 Å². The van der Waals surface area contributed by atoms with E-state index in [-0.39, 0.29) is 24.4 Å². The van der Waals surface area contributed by atoms with Crippen molar-refractivity contribution in [3.8, 4) is 0 Å². The minimum Gasteiger partial charge on any atom is -0.391 e. The number of hydrogen-bond acceptors (Lipinski definition) is 4. The van der Waals surface area contributed by atoms with Gasteiger partial charge in [-0.1, -0.05) is 36.4 Å². The topological polar surface area (TPSA) is 102 Å². The molecule has 1 aromatic carbocycles. The van der Waals surface area contributed by atoms with E-state index in [1.165, 1.54) is 6.07 Å². The van der Waals surface area contributed by atoms with Crippen LogP contribution < -0.4 is 10.9 Å². The SMILES string of the molecule is O=c1ccc(CNCC(O)CP(=O)(O)Cc2ccccc2)c[nH]1. The van der Waals surface area contributed by atoms with Crippen LogP contribution in [0.1, 0.15) is 11.1 Å². The van der Waals surface area contributed by atoms with Gasteiger partial charge in [0.25, 0.3) is 0 Å². The van der Waals surface area contributed by atoms with Crippen molar-refractivity contribution in [3.63, 3.8) is 0 Å². The predicted molar refractivity (Wildman–Crippen MR) is 89.6 cm³/mol. The Morgan fingerprint density at radius 2 is 1.87 bits per heavy atom. The molecule has 6 nitrogen and oxygen atoms in total. The van der Waals surface area contributed by atoms with E-state index in [2.05, 4.69) is 10.3 Å². The van der Waals surface area contributed by atoms with Crippen LogP contribution in [0, 0.1) is 0 Å². The molecule has 0 aliphatic carbocycles. The van der Waals surface area contributed by atoms with E-state index < -0.39 is 13.5 Å². The Balaban J connectivity index is 1.77. The molecular formula is C16H21N2O4P. The molecule has 23 heavy (non-hydrogen) atoms. The fraction of sp³-hybridized carbons (Fsp3) is 0.312. The molecule has 0 fully saturated rings. The van der Waals surface area contributed by atoms with Gasteiger partial charge >= 0.3 is 0 Å². The Hall–Kier alpha value is -1.72. The molecule has 2 atom stereocenters. The van der Waals surface area contributed by atoms with Gasteiger partial charge in [-0.15, -0.1) is 0 Å². The van der Waals surface area contributed by atoms with Gasteiger partial charge in [0.15, 0.2) is 0 Å². The van der Waals surface area contributed by atoms with Crippen molar-refractivity contribution < 1.29 is 14.6 Å². The molecule has 4 N–H and O–H groups in total. The minimum absolute atomic E-state index is 0.0603. The highest BCUT2D eigenvalue weighted by molar-refractivity contribution is 7.57. The van der Waals surface area contributed by atoms with Gasteiger partial charge in [0, 0.05) is 31.5 Å². The highest BCUT2D eigenvalue weighted by Gasteiger charge is 2.23. The normalized spacial score (nSPS) is 15.0. The van der Waals surface area contributed by atoms with E-state index in [1.54, 1.807) is 24.4 Å². The average Bonchev–Trinajstić information content (AvgIpc) is 2.49. The monoisotopic (exact) mass is 336 g/mol. The van der Waals surface area contributed by atoms with Gasteiger partial charge in [-0.05, 0) is 11.1 Å². The van der Waals surface area contributed by atoms with Gasteiger partial charge in [0.2, 0.25) is 12.9 Å². The molecular weight excluding hydrogens is 315 g/mol. The number of aromatic amines is 1. The van der Waals surface area contributed by atoms with Crippen LogP contribution in [0.25, 0.3) is 0 Å². The number of nitrogens with one attached hydrogen (secondary N) is 2. The molecule has 2 unspecified atom stereocenters. The summed E-state index contributed by atoms with van der Waals surface area (Å²) in [6.45, 7) is 0.667. The summed E-state index contributed by atoms with van der Waals surface area (Å²) in [6.07, 6.45) is 0.594. The van der Waals surface area contributed by atoms with E-state index in [9.17, 15) is 19.4 Å². The molecule has 1 heterocycles. The Labute approximate surface area is 134 Å². The van der Waals surface area contributed by atoms with E-state index in [0.717, 1.165) is 11.1 Å². The summed E-state index contributed by atoms with van der Waals surface area (Å²) in [5.41, 5.74) is 1.48. The standard InChI is InChI=1S/C16H21N2O4P/c19-15(10-17-8-14-6-7-16(20)18-9-14)12-23(21,22)11-13-4-2-1-3-5-13/h1-7,9,15,17,19H,8,10-12H2,(H,18,20)(H,21,22). The van der Waals surface area contributed by atoms with E-state index in [1.807, 2.05) is 18.2 Å². The zero-order valence-corrected chi connectivity index (χ0v) is 13.6. The number of aliphatic hydroxyl groups is 1. The fourth-order valence-corrected chi connectivity index (χ4v) is 3.96. The Morgan fingerprint density at radius 3 is 2.52 bits per heavy atom. The third-order valence-electron chi connectivity index (χ3n) is 3.33. The molecule has 0 saturated heterocycles. The molecule has 0 bridgehead atoms. The number of hydrogen-bond donors (Lipinski definition) is 4. The van der Waals surface area contributed by atoms with Crippen molar-refractivity contribution in [2.24, 2.45) is 0 Å². The van der Waals surface area contributed by atoms with E-state index in [0.29, 0.717) is 6.54 Å². The molecule has 0 saturated carbocycles. The van der Waals surface area contributed by atoms with E-state index >= 15 is 0 Å². The predicted octanol–water partition coefficient (Wildman–Crippen LogP) is 1.30. The number of benzene rings is 1. The first-order valence-electron chi connectivity index (χ1n) is 7.36. The van der Waals surface area contributed by atoms with Gasteiger partial charge in [0.1, 0.15) is 0 Å². The van der Waals surface area contributed by atoms with Crippen LogP contribution in [-0.2, 0) is 17.3 Å². The molecule has 1 aromatic heterocycles. The lowest BCUT2D eigenvalue weighted by atomic mass is 10.2. The summed E-state index contributed by atoms with van der Waals surface area (Å²) < 4.78 is 12.2. The van der Waals surface area contributed by atoms with E-state index in [4.69, 9.17) is 0 Å². The maximum Gasteiger partial charge on any atom is 0.247 e. The molecule has 2 aromatic rings. The van der Waals surface area contributed by atoms with Crippen LogP contribution in [0.5, 0.6) is 0 Å². The summed E-state index contributed by atoms with van der Waals surface area (Å²) >= 11 is 0. The second kappa shape index (κ2) is 8.22. The van der Waals surface area contributed by atoms with Gasteiger partial charge in [-0.2, -0.15) is 0 Å². The Morgan fingerprint density at radius 1 is 1.13 bits per heavy atom. The zero-order valence-electron chi connectivity index (χ0n) is 12.7. The number of aliphatic hydroxyl groups excluding tert-OH is 1. The minimum atomic E-state index is -3.43. The first-order chi connectivity index (χ1) is 10.9. The molecule has 0 aliphatic heterocycles. The lowest BCUT2D eigenvalue weighted by Gasteiger charge is -2.17. The number of pyridine rings is 1. The molecule has 0 aliphatic rings. The van der Waals surface area contributed by atoms with Crippen LogP contribution in [-0.4, -0.2) is 33.8 Å². The quantitative estimate of drug-likeness (QED) is 0.544. The van der Waals surface area contributed by atoms with Crippen molar-refractivity contribution in [2.75, 3.05) is 12.7 Å². The number of aromatic nitrogens is 1. The number of rotatable bonds is 8. The third-order valence-corrected chi connectivity index (χ3v) is 5.18. The number of H-pyrrole nitrogens is 1. The first kappa shape index (κ1) is 17.6. The lowest BCUT2D eigenvalue weighted by molar-refractivity contribution is 0.190. The van der Waals surface area contributed by atoms with Crippen molar-refractivity contribution in [1.29, 1.82) is 0 Å². The summed E-state index contributed by atoms with van der Waals surface area (Å²) in [6, 6.07) is 12.2. The van der Waals surface area contributed by atoms with Crippen molar-refractivity contribution >= 4 is 7.37 Å². The van der Waals surface area contributed by atoms with Crippen LogP contribution in [0.15, 0.2) is 53.5 Å². The zero-order chi connectivity index (χ0) is 16.7. The van der Waals surface area contributed by atoms with Crippen LogP contribution in [0.3, 0.4) is 0 Å². The second-order valence-electron chi connectivity index (χ2n) is 5.52. The summed E-state index contributed by atoms with van der Waals surface area (Å²) in [4.78, 5) is 23.5. The van der Waals surface area contributed by atoms with Gasteiger partial charge in [-0.25, -0.2) is 0 Å². The average molecular weight is 336 g/mol. The molecule has 7 heteroatoms. The highest BCUT2D eigenvalue weighted by atomic mass is 31.2. The highest BCUT2D eigenvalue weighted by Crippen LogP contribution is 2.44. The van der Waals surface area contributed by atoms with Crippen LogP contribution in [0.2, 0.25) is 0 Å². The molecule has 0 spiro atoms. The van der Waals surface area contributed by atoms with Gasteiger partial charge < -0.3 is 20.3 Å². The van der Waals surface area contributed by atoms with Crippen LogP contribution in [0.4, 0.5) is 0 Å². The Kier molecular flexibility index (Phi) is 6.30. The van der Waals surface area contributed by atoms with Crippen LogP contribution >= 0.6 is 7.37 Å². The maximum absolute atomic E-state index is 12.2. The second-order valence-corrected chi connectivity index (χ2v) is 7.89. The van der Waals surface area contributed by atoms with Gasteiger partial charge in [0.05, 0.1) is 12.3 Å². The summed E-state index contributed by atoms with van der Waals surface area (Å²) in [5, 5.41) is 12.9. The lowest BCUT2D eigenvalue weighted by Crippen LogP contribution is -2.29. The first-order valence-corrected chi connectivity index (χ1v) is 9.39. The molecule has 124 valence electrons.